The second-order valence-electron chi connectivity index (χ2n) is 10.2. The fraction of sp³-hybridized carbons (Fsp3) is 0.156. The summed E-state index contributed by atoms with van der Waals surface area (Å²) in [7, 11) is 0. The van der Waals surface area contributed by atoms with Gasteiger partial charge in [0.2, 0.25) is 0 Å². The van der Waals surface area contributed by atoms with Gasteiger partial charge in [0.05, 0.1) is 16.3 Å². The second-order valence-corrected chi connectivity index (χ2v) is 10.2. The molecule has 0 saturated heterocycles. The lowest BCUT2D eigenvalue weighted by Gasteiger charge is -2.18. The highest BCUT2D eigenvalue weighted by atomic mass is 16.6. The Kier molecular flexibility index (Phi) is 6.87. The van der Waals surface area contributed by atoms with E-state index >= 15 is 0 Å². The summed E-state index contributed by atoms with van der Waals surface area (Å²) in [5, 5.41) is 23.7. The van der Waals surface area contributed by atoms with Gasteiger partial charge in [-0.05, 0) is 59.0 Å². The standard InChI is InChI=1S/C32H26N4O6/c1-19-14-15-35-28(30(34-29(35)16-19)20-10-12-21(13-11-20)36(40)41)17-27(31(37)38)33-32(39)42-18-26-24-8-4-2-6-22(24)23-7-3-5-9-25(23)26/h2-16,26-27H,17-18H2,1H3,(H,33,39)(H,37,38). The number of rotatable bonds is 8. The van der Waals surface area contributed by atoms with Crippen molar-refractivity contribution in [3.8, 4) is 22.4 Å². The van der Waals surface area contributed by atoms with E-state index in [1.54, 1.807) is 22.7 Å². The van der Waals surface area contributed by atoms with E-state index in [-0.39, 0.29) is 24.6 Å². The van der Waals surface area contributed by atoms with E-state index in [0.29, 0.717) is 22.6 Å². The van der Waals surface area contributed by atoms with E-state index in [0.717, 1.165) is 27.8 Å². The number of imidazole rings is 1. The van der Waals surface area contributed by atoms with Crippen LogP contribution >= 0.6 is 0 Å². The summed E-state index contributed by atoms with van der Waals surface area (Å²) < 4.78 is 7.36. The summed E-state index contributed by atoms with van der Waals surface area (Å²) in [5.41, 5.74) is 7.35. The van der Waals surface area contributed by atoms with Crippen molar-refractivity contribution in [3.63, 3.8) is 0 Å². The van der Waals surface area contributed by atoms with Crippen LogP contribution in [0.3, 0.4) is 0 Å². The number of nitrogens with zero attached hydrogens (tertiary/aromatic N) is 3. The zero-order valence-corrected chi connectivity index (χ0v) is 22.6. The molecule has 1 atom stereocenters. The maximum atomic E-state index is 12.9. The average Bonchev–Trinajstić information content (AvgIpc) is 3.50. The third kappa shape index (κ3) is 4.94. The van der Waals surface area contributed by atoms with Gasteiger partial charge in [-0.15, -0.1) is 0 Å². The molecule has 6 rings (SSSR count). The Morgan fingerprint density at radius 2 is 1.67 bits per heavy atom. The average molecular weight is 563 g/mol. The van der Waals surface area contributed by atoms with Crippen LogP contribution in [0.2, 0.25) is 0 Å². The molecule has 1 unspecified atom stereocenters. The number of ether oxygens (including phenoxy) is 1. The molecule has 0 radical (unpaired) electrons. The number of nitro groups is 1. The van der Waals surface area contributed by atoms with Gasteiger partial charge >= 0.3 is 12.1 Å². The third-order valence-corrected chi connectivity index (χ3v) is 7.56. The first-order chi connectivity index (χ1) is 20.3. The van der Waals surface area contributed by atoms with Crippen LogP contribution in [0.4, 0.5) is 10.5 Å². The fourth-order valence-corrected chi connectivity index (χ4v) is 5.54. The molecule has 1 aliphatic carbocycles. The smallest absolute Gasteiger partial charge is 0.407 e. The van der Waals surface area contributed by atoms with Crippen molar-refractivity contribution in [2.24, 2.45) is 0 Å². The largest absolute Gasteiger partial charge is 0.480 e. The predicted molar refractivity (Wildman–Crippen MR) is 155 cm³/mol. The van der Waals surface area contributed by atoms with Crippen LogP contribution in [-0.4, -0.2) is 44.1 Å². The van der Waals surface area contributed by atoms with Gasteiger partial charge in [-0.2, -0.15) is 0 Å². The predicted octanol–water partition coefficient (Wildman–Crippen LogP) is 5.75. The maximum Gasteiger partial charge on any atom is 0.407 e. The lowest BCUT2D eigenvalue weighted by Crippen LogP contribution is -2.43. The van der Waals surface area contributed by atoms with Crippen molar-refractivity contribution in [1.82, 2.24) is 14.7 Å². The molecule has 2 N–H and O–H groups in total. The molecule has 2 aromatic heterocycles. The molecule has 0 bridgehead atoms. The number of aliphatic carboxylic acids is 1. The molecule has 0 spiro atoms. The van der Waals surface area contributed by atoms with Gasteiger partial charge < -0.3 is 19.6 Å². The first-order valence-corrected chi connectivity index (χ1v) is 13.4. The molecule has 2 heterocycles. The Balaban J connectivity index is 1.24. The van der Waals surface area contributed by atoms with Crippen molar-refractivity contribution in [2.45, 2.75) is 25.3 Å². The van der Waals surface area contributed by atoms with Crippen molar-refractivity contribution in [3.05, 3.63) is 124 Å². The number of hydrogen-bond acceptors (Lipinski definition) is 6. The number of carbonyl (C=O) groups is 2. The Morgan fingerprint density at radius 3 is 2.29 bits per heavy atom. The van der Waals surface area contributed by atoms with E-state index < -0.39 is 23.0 Å². The molecule has 1 amide bonds. The molecule has 10 heteroatoms. The highest BCUT2D eigenvalue weighted by molar-refractivity contribution is 5.82. The monoisotopic (exact) mass is 562 g/mol. The van der Waals surface area contributed by atoms with Gasteiger partial charge in [0.1, 0.15) is 18.3 Å². The number of nitrogens with one attached hydrogen (secondary N) is 1. The third-order valence-electron chi connectivity index (χ3n) is 7.56. The van der Waals surface area contributed by atoms with Crippen LogP contribution in [0.5, 0.6) is 0 Å². The molecule has 5 aromatic rings. The number of aryl methyl sites for hydroxylation is 1. The van der Waals surface area contributed by atoms with E-state index in [1.165, 1.54) is 12.1 Å². The van der Waals surface area contributed by atoms with Crippen molar-refractivity contribution < 1.29 is 24.4 Å². The minimum atomic E-state index is -1.32. The molecule has 0 saturated carbocycles. The number of carboxylic acid groups (broad SMARTS) is 1. The molecule has 210 valence electrons. The highest BCUT2D eigenvalue weighted by Crippen LogP contribution is 2.44. The van der Waals surface area contributed by atoms with Crippen LogP contribution in [-0.2, 0) is 16.0 Å². The Bertz CT molecular complexity index is 1800. The molecule has 0 aliphatic heterocycles. The van der Waals surface area contributed by atoms with Crippen molar-refractivity contribution >= 4 is 23.4 Å². The summed E-state index contributed by atoms with van der Waals surface area (Å²) in [6.45, 7) is 1.97. The summed E-state index contributed by atoms with van der Waals surface area (Å²) in [6.07, 6.45) is 0.843. The van der Waals surface area contributed by atoms with Gasteiger partial charge in [0, 0.05) is 36.2 Å². The van der Waals surface area contributed by atoms with E-state index in [2.05, 4.69) is 5.32 Å². The summed E-state index contributed by atoms with van der Waals surface area (Å²) in [5.74, 6) is -1.40. The Morgan fingerprint density at radius 1 is 1.02 bits per heavy atom. The van der Waals surface area contributed by atoms with Gasteiger partial charge in [-0.1, -0.05) is 48.5 Å². The molecule has 10 nitrogen and oxygen atoms in total. The summed E-state index contributed by atoms with van der Waals surface area (Å²) in [6, 6.07) is 24.2. The van der Waals surface area contributed by atoms with E-state index in [9.17, 15) is 24.8 Å². The van der Waals surface area contributed by atoms with Crippen LogP contribution in [0, 0.1) is 17.0 Å². The zero-order valence-electron chi connectivity index (χ0n) is 22.6. The number of fused-ring (bicyclic) bond motifs is 4. The number of pyridine rings is 1. The number of alkyl carbamates (subject to hydrolysis) is 1. The Labute approximate surface area is 240 Å². The number of amides is 1. The molecule has 42 heavy (non-hydrogen) atoms. The maximum absolute atomic E-state index is 12.9. The van der Waals surface area contributed by atoms with Crippen molar-refractivity contribution in [2.75, 3.05) is 6.61 Å². The molecule has 3 aromatic carbocycles. The van der Waals surface area contributed by atoms with Gasteiger partial charge in [0.25, 0.3) is 5.69 Å². The highest BCUT2D eigenvalue weighted by Gasteiger charge is 2.30. The lowest BCUT2D eigenvalue weighted by atomic mass is 9.98. The number of aromatic nitrogens is 2. The first kappa shape index (κ1) is 26.7. The minimum absolute atomic E-state index is 0.0507. The number of carbonyl (C=O) groups excluding carboxylic acids is 1. The van der Waals surface area contributed by atoms with Crippen LogP contribution < -0.4 is 5.32 Å². The molecule has 1 aliphatic rings. The van der Waals surface area contributed by atoms with Crippen LogP contribution in [0.1, 0.15) is 28.3 Å². The number of carboxylic acids is 1. The molecule has 0 fully saturated rings. The lowest BCUT2D eigenvalue weighted by molar-refractivity contribution is -0.384. The molecular formula is C32H26N4O6. The topological polar surface area (TPSA) is 136 Å². The summed E-state index contributed by atoms with van der Waals surface area (Å²) >= 11 is 0. The fourth-order valence-electron chi connectivity index (χ4n) is 5.54. The normalized spacial score (nSPS) is 12.9. The second kappa shape index (κ2) is 10.8. The number of benzene rings is 3. The number of nitro benzene ring substituents is 1. The summed E-state index contributed by atoms with van der Waals surface area (Å²) in [4.78, 5) is 40.6. The van der Waals surface area contributed by atoms with E-state index in [1.807, 2.05) is 67.6 Å². The first-order valence-electron chi connectivity index (χ1n) is 13.4. The quantitative estimate of drug-likeness (QED) is 0.181. The van der Waals surface area contributed by atoms with Gasteiger partial charge in [-0.3, -0.25) is 10.1 Å². The van der Waals surface area contributed by atoms with Crippen LogP contribution in [0.25, 0.3) is 28.0 Å². The SMILES string of the molecule is Cc1ccn2c(CC(NC(=O)OCC3c4ccccc4-c4ccccc43)C(=O)O)c(-c3ccc([N+](=O)[O-])cc3)nc2c1. The van der Waals surface area contributed by atoms with E-state index in [4.69, 9.17) is 9.72 Å². The van der Waals surface area contributed by atoms with Crippen LogP contribution in [0.15, 0.2) is 91.1 Å². The molecular weight excluding hydrogens is 536 g/mol. The number of non-ortho nitro benzene ring substituents is 1. The number of hydrogen-bond donors (Lipinski definition) is 2. The van der Waals surface area contributed by atoms with Crippen molar-refractivity contribution in [1.29, 1.82) is 0 Å². The van der Waals surface area contributed by atoms with Gasteiger partial charge in [-0.25, -0.2) is 14.6 Å². The van der Waals surface area contributed by atoms with Gasteiger partial charge in [0.15, 0.2) is 0 Å². The minimum Gasteiger partial charge on any atom is -0.480 e. The zero-order chi connectivity index (χ0) is 29.4. The Hall–Kier alpha value is -5.51.